The molecule has 1 N–H and O–H groups in total. The third-order valence-corrected chi connectivity index (χ3v) is 0.907. The van der Waals surface area contributed by atoms with Crippen LogP contribution in [0.25, 0.3) is 0 Å². The summed E-state index contributed by atoms with van der Waals surface area (Å²) in [6.07, 6.45) is 4.07. The van der Waals surface area contributed by atoms with E-state index in [2.05, 4.69) is 11.4 Å². The number of nitrogens with one attached hydrogen (secondary N) is 1. The van der Waals surface area contributed by atoms with Crippen LogP contribution in [0.1, 0.15) is 6.92 Å². The van der Waals surface area contributed by atoms with Crippen LogP contribution in [0.2, 0.25) is 0 Å². The molecule has 0 heterocycles. The van der Waals surface area contributed by atoms with Gasteiger partial charge >= 0.3 is 0 Å². The lowest BCUT2D eigenvalue weighted by atomic mass is 10.5. The molecule has 9 heavy (non-hydrogen) atoms. The number of hydrogen-bond donors (Lipinski definition) is 1. The Labute approximate surface area is 56.9 Å². The Hall–Kier alpha value is -0.340. The summed E-state index contributed by atoms with van der Waals surface area (Å²) in [7, 11) is 1.92. The van der Waals surface area contributed by atoms with Gasteiger partial charge in [-0.1, -0.05) is 12.2 Å². The highest BCUT2D eigenvalue weighted by atomic mass is 16.5. The molecule has 0 unspecified atom stereocenters. The van der Waals surface area contributed by atoms with E-state index in [0.717, 1.165) is 19.8 Å². The molecule has 0 aliphatic rings. The van der Waals surface area contributed by atoms with E-state index in [9.17, 15) is 0 Å². The van der Waals surface area contributed by atoms with E-state index in [-0.39, 0.29) is 0 Å². The smallest absolute Gasteiger partial charge is 0.0647 e. The van der Waals surface area contributed by atoms with Crippen LogP contribution in [-0.4, -0.2) is 26.8 Å². The Morgan fingerprint density at radius 2 is 2.22 bits per heavy atom. The van der Waals surface area contributed by atoms with Crippen LogP contribution in [0, 0.1) is 0 Å². The monoisotopic (exact) mass is 129 g/mol. The largest absolute Gasteiger partial charge is 0.378 e. The Morgan fingerprint density at radius 1 is 1.44 bits per heavy atom. The standard InChI is InChI=1S/C7H15NO/c1-3-9-7-5-4-6-8-2/h4-5,8H,3,6-7H2,1-2H3/b5-4+. The molecule has 0 fully saturated rings. The summed E-state index contributed by atoms with van der Waals surface area (Å²) in [5.74, 6) is 0. The van der Waals surface area contributed by atoms with Crippen LogP contribution < -0.4 is 5.32 Å². The lowest BCUT2D eigenvalue weighted by Gasteiger charge is -1.92. The second-order valence-corrected chi connectivity index (χ2v) is 1.69. The number of rotatable bonds is 5. The second kappa shape index (κ2) is 7.66. The molecule has 0 saturated heterocycles. The molecule has 0 radical (unpaired) electrons. The van der Waals surface area contributed by atoms with Crippen LogP contribution in [0.3, 0.4) is 0 Å². The van der Waals surface area contributed by atoms with Gasteiger partial charge in [0, 0.05) is 13.2 Å². The average molecular weight is 129 g/mol. The molecular formula is C7H15NO. The average Bonchev–Trinajstić information content (AvgIpc) is 1.89. The maximum Gasteiger partial charge on any atom is 0.0647 e. The van der Waals surface area contributed by atoms with Gasteiger partial charge in [-0.05, 0) is 14.0 Å². The van der Waals surface area contributed by atoms with Crippen molar-refractivity contribution in [3.63, 3.8) is 0 Å². The van der Waals surface area contributed by atoms with Gasteiger partial charge in [0.05, 0.1) is 6.61 Å². The van der Waals surface area contributed by atoms with E-state index in [1.165, 1.54) is 0 Å². The topological polar surface area (TPSA) is 21.3 Å². The molecule has 0 rings (SSSR count). The number of likely N-dealkylation sites (N-methyl/N-ethyl adjacent to an activating group) is 1. The summed E-state index contributed by atoms with van der Waals surface area (Å²) in [6, 6.07) is 0. The van der Waals surface area contributed by atoms with Crippen LogP contribution in [0.5, 0.6) is 0 Å². The molecule has 0 spiro atoms. The van der Waals surface area contributed by atoms with Gasteiger partial charge in [-0.15, -0.1) is 0 Å². The van der Waals surface area contributed by atoms with E-state index in [0.29, 0.717) is 0 Å². The van der Waals surface area contributed by atoms with Crippen molar-refractivity contribution in [1.29, 1.82) is 0 Å². The van der Waals surface area contributed by atoms with Gasteiger partial charge < -0.3 is 10.1 Å². The SMILES string of the molecule is CCOC/C=C/CNC. The minimum Gasteiger partial charge on any atom is -0.378 e. The molecule has 0 amide bonds. The van der Waals surface area contributed by atoms with Crippen molar-refractivity contribution in [1.82, 2.24) is 5.32 Å². The van der Waals surface area contributed by atoms with Gasteiger partial charge in [-0.3, -0.25) is 0 Å². The summed E-state index contributed by atoms with van der Waals surface area (Å²) in [5.41, 5.74) is 0. The lowest BCUT2D eigenvalue weighted by molar-refractivity contribution is 0.177. The summed E-state index contributed by atoms with van der Waals surface area (Å²) >= 11 is 0. The predicted octanol–water partition coefficient (Wildman–Crippen LogP) is 0.798. The first-order valence-electron chi connectivity index (χ1n) is 3.29. The molecule has 2 heteroatoms. The quantitative estimate of drug-likeness (QED) is 0.438. The van der Waals surface area contributed by atoms with Gasteiger partial charge in [-0.2, -0.15) is 0 Å². The molecule has 2 nitrogen and oxygen atoms in total. The van der Waals surface area contributed by atoms with Crippen molar-refractivity contribution in [2.24, 2.45) is 0 Å². The highest BCUT2D eigenvalue weighted by Crippen LogP contribution is 1.74. The van der Waals surface area contributed by atoms with Crippen molar-refractivity contribution in [2.75, 3.05) is 26.8 Å². The second-order valence-electron chi connectivity index (χ2n) is 1.69. The minimum atomic E-state index is 0.734. The normalized spacial score (nSPS) is 10.9. The van der Waals surface area contributed by atoms with E-state index in [1.807, 2.05) is 20.0 Å². The Bertz CT molecular complexity index is 71.3. The predicted molar refractivity (Wildman–Crippen MR) is 39.6 cm³/mol. The van der Waals surface area contributed by atoms with Gasteiger partial charge in [-0.25, -0.2) is 0 Å². The first kappa shape index (κ1) is 8.66. The van der Waals surface area contributed by atoms with Crippen LogP contribution >= 0.6 is 0 Å². The van der Waals surface area contributed by atoms with E-state index in [1.54, 1.807) is 0 Å². The molecular weight excluding hydrogens is 114 g/mol. The zero-order chi connectivity index (χ0) is 6.95. The van der Waals surface area contributed by atoms with Gasteiger partial charge in [0.1, 0.15) is 0 Å². The zero-order valence-corrected chi connectivity index (χ0v) is 6.18. The molecule has 0 aromatic carbocycles. The molecule has 0 bridgehead atoms. The minimum absolute atomic E-state index is 0.734. The summed E-state index contributed by atoms with van der Waals surface area (Å²) < 4.78 is 5.07. The Kier molecular flexibility index (Phi) is 7.37. The number of hydrogen-bond acceptors (Lipinski definition) is 2. The fourth-order valence-electron chi connectivity index (χ4n) is 0.455. The fraction of sp³-hybridized carbons (Fsp3) is 0.714. The number of ether oxygens (including phenoxy) is 1. The van der Waals surface area contributed by atoms with E-state index in [4.69, 9.17) is 4.74 Å². The van der Waals surface area contributed by atoms with Crippen molar-refractivity contribution in [3.8, 4) is 0 Å². The van der Waals surface area contributed by atoms with E-state index < -0.39 is 0 Å². The van der Waals surface area contributed by atoms with Crippen molar-refractivity contribution < 1.29 is 4.74 Å². The first-order chi connectivity index (χ1) is 4.41. The highest BCUT2D eigenvalue weighted by molar-refractivity contribution is 4.82. The molecule has 0 saturated carbocycles. The summed E-state index contributed by atoms with van der Waals surface area (Å²) in [6.45, 7) is 4.45. The fourth-order valence-corrected chi connectivity index (χ4v) is 0.455. The molecule has 0 aliphatic carbocycles. The van der Waals surface area contributed by atoms with Gasteiger partial charge in [0.2, 0.25) is 0 Å². The summed E-state index contributed by atoms with van der Waals surface area (Å²) in [4.78, 5) is 0. The Balaban J connectivity index is 2.86. The zero-order valence-electron chi connectivity index (χ0n) is 6.18. The third kappa shape index (κ3) is 7.66. The summed E-state index contributed by atoms with van der Waals surface area (Å²) in [5, 5.41) is 3.00. The molecule has 54 valence electrons. The maximum absolute atomic E-state index is 5.07. The van der Waals surface area contributed by atoms with Gasteiger partial charge in [0.25, 0.3) is 0 Å². The van der Waals surface area contributed by atoms with Crippen molar-refractivity contribution >= 4 is 0 Å². The van der Waals surface area contributed by atoms with Crippen molar-refractivity contribution in [3.05, 3.63) is 12.2 Å². The van der Waals surface area contributed by atoms with Crippen LogP contribution in [0.4, 0.5) is 0 Å². The van der Waals surface area contributed by atoms with E-state index >= 15 is 0 Å². The molecule has 0 aromatic heterocycles. The lowest BCUT2D eigenvalue weighted by Crippen LogP contribution is -2.04. The first-order valence-corrected chi connectivity index (χ1v) is 3.29. The van der Waals surface area contributed by atoms with Gasteiger partial charge in [0.15, 0.2) is 0 Å². The highest BCUT2D eigenvalue weighted by Gasteiger charge is 1.73. The Morgan fingerprint density at radius 3 is 2.78 bits per heavy atom. The van der Waals surface area contributed by atoms with Crippen LogP contribution in [0.15, 0.2) is 12.2 Å². The molecule has 0 aliphatic heterocycles. The molecule has 0 atom stereocenters. The third-order valence-electron chi connectivity index (χ3n) is 0.907. The van der Waals surface area contributed by atoms with Crippen LogP contribution in [-0.2, 0) is 4.74 Å². The maximum atomic E-state index is 5.07. The molecule has 0 aromatic rings. The van der Waals surface area contributed by atoms with Crippen molar-refractivity contribution in [2.45, 2.75) is 6.92 Å².